The molecule has 4 nitrogen and oxygen atoms in total. The second-order valence-corrected chi connectivity index (χ2v) is 9.43. The molecule has 1 saturated heterocycles. The van der Waals surface area contributed by atoms with Crippen molar-refractivity contribution < 1.29 is 17.7 Å². The highest BCUT2D eigenvalue weighted by Gasteiger charge is 2.54. The molecule has 0 aliphatic carbocycles. The molecule has 0 saturated carbocycles. The average Bonchev–Trinajstić information content (AvgIpc) is 2.73. The summed E-state index contributed by atoms with van der Waals surface area (Å²) in [7, 11) is -4.25. The molecule has 0 radical (unpaired) electrons. The van der Waals surface area contributed by atoms with Crippen molar-refractivity contribution in [3.8, 4) is 0 Å². The maximum atomic E-state index is 13.1. The first-order valence-electron chi connectivity index (χ1n) is 8.36. The fourth-order valence-corrected chi connectivity index (χ4v) is 4.64. The summed E-state index contributed by atoms with van der Waals surface area (Å²) in [5.41, 5.74) is -0.568. The molecule has 24 heavy (non-hydrogen) atoms. The van der Waals surface area contributed by atoms with Crippen LogP contribution >= 0.6 is 0 Å². The van der Waals surface area contributed by atoms with Gasteiger partial charge in [0, 0.05) is 0 Å². The van der Waals surface area contributed by atoms with E-state index in [1.165, 1.54) is 0 Å². The van der Waals surface area contributed by atoms with Gasteiger partial charge in [0.05, 0.1) is 21.3 Å². The van der Waals surface area contributed by atoms with Crippen molar-refractivity contribution in [2.24, 2.45) is 0 Å². The van der Waals surface area contributed by atoms with E-state index in [0.29, 0.717) is 16.8 Å². The Bertz CT molecular complexity index is 679. The second kappa shape index (κ2) is 6.66. The van der Waals surface area contributed by atoms with Crippen LogP contribution in [0.4, 0.5) is 0 Å². The highest BCUT2D eigenvalue weighted by Crippen LogP contribution is 2.40. The van der Waals surface area contributed by atoms with E-state index in [1.54, 1.807) is 30.3 Å². The van der Waals surface area contributed by atoms with Crippen LogP contribution in [0.25, 0.3) is 0 Å². The largest absolute Gasteiger partial charge is 0.491 e. The molecule has 1 aromatic carbocycles. The first-order chi connectivity index (χ1) is 11.0. The third-order valence-corrected chi connectivity index (χ3v) is 7.18. The fourth-order valence-electron chi connectivity index (χ4n) is 2.72. The van der Waals surface area contributed by atoms with Crippen molar-refractivity contribution in [3.63, 3.8) is 0 Å². The maximum Gasteiger partial charge on any atom is 0.491 e. The quantitative estimate of drug-likeness (QED) is 0.732. The van der Waals surface area contributed by atoms with Crippen molar-refractivity contribution in [3.05, 3.63) is 42.4 Å². The summed E-state index contributed by atoms with van der Waals surface area (Å²) in [6, 6.07) is 8.50. The number of sulfone groups is 1. The van der Waals surface area contributed by atoms with Gasteiger partial charge in [0.15, 0.2) is 9.84 Å². The van der Waals surface area contributed by atoms with E-state index in [0.717, 1.165) is 6.42 Å². The maximum absolute atomic E-state index is 13.1. The van der Waals surface area contributed by atoms with Gasteiger partial charge in [0.1, 0.15) is 0 Å². The van der Waals surface area contributed by atoms with Crippen LogP contribution in [0.1, 0.15) is 47.5 Å². The van der Waals surface area contributed by atoms with Gasteiger partial charge in [-0.2, -0.15) is 0 Å². The predicted octanol–water partition coefficient (Wildman–Crippen LogP) is 3.82. The third kappa shape index (κ3) is 3.46. The van der Waals surface area contributed by atoms with Gasteiger partial charge in [-0.1, -0.05) is 31.5 Å². The van der Waals surface area contributed by atoms with E-state index in [4.69, 9.17) is 9.31 Å². The minimum absolute atomic E-state index is 0.307. The monoisotopic (exact) mass is 350 g/mol. The third-order valence-electron chi connectivity index (χ3n) is 4.97. The Morgan fingerprint density at radius 1 is 1.12 bits per heavy atom. The highest BCUT2D eigenvalue weighted by atomic mass is 32.2. The molecule has 6 heteroatoms. The molecule has 0 aromatic heterocycles. The molecule has 1 unspecified atom stereocenters. The van der Waals surface area contributed by atoms with Crippen LogP contribution in [0.5, 0.6) is 0 Å². The summed E-state index contributed by atoms with van der Waals surface area (Å²) in [4.78, 5) is 0.307. The van der Waals surface area contributed by atoms with Gasteiger partial charge in [-0.15, -0.1) is 6.58 Å². The van der Waals surface area contributed by atoms with Crippen LogP contribution in [0.3, 0.4) is 0 Å². The van der Waals surface area contributed by atoms with Gasteiger partial charge in [0.25, 0.3) is 0 Å². The molecule has 0 N–H and O–H groups in total. The predicted molar refractivity (Wildman–Crippen MR) is 97.5 cm³/mol. The molecule has 1 fully saturated rings. The molecule has 0 spiro atoms. The van der Waals surface area contributed by atoms with Crippen molar-refractivity contribution in [1.82, 2.24) is 0 Å². The van der Waals surface area contributed by atoms with Crippen LogP contribution < -0.4 is 0 Å². The van der Waals surface area contributed by atoms with Crippen LogP contribution in [0, 0.1) is 0 Å². The summed E-state index contributed by atoms with van der Waals surface area (Å²) in [5, 5.41) is -0.723. The Morgan fingerprint density at radius 2 is 1.62 bits per heavy atom. The van der Waals surface area contributed by atoms with E-state index >= 15 is 0 Å². The van der Waals surface area contributed by atoms with E-state index in [2.05, 4.69) is 6.58 Å². The molecular formula is C18H27BO4S. The molecule has 1 heterocycles. The van der Waals surface area contributed by atoms with Gasteiger partial charge in [0.2, 0.25) is 0 Å². The van der Waals surface area contributed by atoms with Crippen molar-refractivity contribution in [2.75, 3.05) is 0 Å². The summed E-state index contributed by atoms with van der Waals surface area (Å²) >= 11 is 0. The van der Waals surface area contributed by atoms with E-state index in [1.807, 2.05) is 34.6 Å². The fraction of sp³-hybridized carbons (Fsp3) is 0.556. The second-order valence-electron chi connectivity index (χ2n) is 7.30. The van der Waals surface area contributed by atoms with E-state index < -0.39 is 33.4 Å². The molecule has 1 atom stereocenters. The minimum Gasteiger partial charge on any atom is -0.400 e. The van der Waals surface area contributed by atoms with Gasteiger partial charge in [-0.3, -0.25) is 0 Å². The Kier molecular flexibility index (Phi) is 5.33. The Morgan fingerprint density at radius 3 is 2.08 bits per heavy atom. The Labute approximate surface area is 146 Å². The van der Waals surface area contributed by atoms with E-state index in [-0.39, 0.29) is 0 Å². The first kappa shape index (κ1) is 19.2. The summed E-state index contributed by atoms with van der Waals surface area (Å²) < 4.78 is 38.1. The molecule has 1 aliphatic rings. The molecular weight excluding hydrogens is 323 g/mol. The number of hydrogen-bond donors (Lipinski definition) is 0. The van der Waals surface area contributed by atoms with Crippen molar-refractivity contribution in [2.45, 2.75) is 68.8 Å². The Balaban J connectivity index is 2.34. The minimum atomic E-state index is -3.53. The summed E-state index contributed by atoms with van der Waals surface area (Å²) in [6.07, 6.45) is 1.22. The summed E-state index contributed by atoms with van der Waals surface area (Å²) in [6.45, 7) is 13.8. The SMILES string of the molecule is C=C(B1OC(C)(C)C(C)(C)O1)C(CCC)S(=O)(=O)c1ccccc1. The van der Waals surface area contributed by atoms with Gasteiger partial charge < -0.3 is 9.31 Å². The lowest BCUT2D eigenvalue weighted by Crippen LogP contribution is -2.41. The van der Waals surface area contributed by atoms with Crippen LogP contribution in [-0.4, -0.2) is 32.0 Å². The normalized spacial score (nSPS) is 20.8. The number of benzene rings is 1. The topological polar surface area (TPSA) is 52.6 Å². The van der Waals surface area contributed by atoms with Crippen LogP contribution in [0.2, 0.25) is 0 Å². The zero-order chi connectivity index (χ0) is 18.2. The summed E-state index contributed by atoms with van der Waals surface area (Å²) in [5.74, 6) is 0. The number of hydrogen-bond acceptors (Lipinski definition) is 4. The van der Waals surface area contributed by atoms with Crippen LogP contribution in [-0.2, 0) is 19.1 Å². The molecule has 1 aliphatic heterocycles. The van der Waals surface area contributed by atoms with Gasteiger partial charge >= 0.3 is 7.12 Å². The molecule has 0 amide bonds. The van der Waals surface area contributed by atoms with Gasteiger partial charge in [-0.25, -0.2) is 8.42 Å². The van der Waals surface area contributed by atoms with Crippen LogP contribution in [0.15, 0.2) is 47.3 Å². The zero-order valence-corrected chi connectivity index (χ0v) is 16.0. The van der Waals surface area contributed by atoms with E-state index in [9.17, 15) is 8.42 Å². The lowest BCUT2D eigenvalue weighted by Gasteiger charge is -2.32. The molecule has 1 aromatic rings. The molecule has 0 bridgehead atoms. The number of rotatable bonds is 6. The highest BCUT2D eigenvalue weighted by molar-refractivity contribution is 7.92. The average molecular weight is 350 g/mol. The molecule has 132 valence electrons. The zero-order valence-electron chi connectivity index (χ0n) is 15.2. The van der Waals surface area contributed by atoms with Gasteiger partial charge in [-0.05, 0) is 51.7 Å². The lowest BCUT2D eigenvalue weighted by molar-refractivity contribution is 0.00578. The Hall–Kier alpha value is -1.11. The first-order valence-corrected chi connectivity index (χ1v) is 9.91. The van der Waals surface area contributed by atoms with Crippen molar-refractivity contribution >= 4 is 17.0 Å². The smallest absolute Gasteiger partial charge is 0.400 e. The molecule has 2 rings (SSSR count). The standard InChI is InChI=1S/C18H27BO4S/c1-7-11-16(24(20,21)15-12-9-8-10-13-15)14(2)19-22-17(3,4)18(5,6)23-19/h8-10,12-13,16H,2,7,11H2,1,3-6H3. The van der Waals surface area contributed by atoms with Crippen molar-refractivity contribution in [1.29, 1.82) is 0 Å². The lowest BCUT2D eigenvalue weighted by atomic mass is 9.76.